The molecule has 28 heavy (non-hydrogen) atoms. The average molecular weight is 375 g/mol. The Morgan fingerprint density at radius 3 is 2.64 bits per heavy atom. The number of nitrogens with zero attached hydrogens (tertiary/aromatic N) is 1. The minimum atomic E-state index is -0.629. The van der Waals surface area contributed by atoms with Crippen LogP contribution >= 0.6 is 0 Å². The number of rotatable bonds is 2. The summed E-state index contributed by atoms with van der Waals surface area (Å²) < 4.78 is 13.3. The molecule has 0 radical (unpaired) electrons. The number of hydrogen-bond acceptors (Lipinski definition) is 2. The predicted molar refractivity (Wildman–Crippen MR) is 104 cm³/mol. The summed E-state index contributed by atoms with van der Waals surface area (Å²) in [5.74, 6) is 5.39. The molecule has 2 aliphatic carbocycles. The molecule has 4 atom stereocenters. The van der Waals surface area contributed by atoms with E-state index in [4.69, 9.17) is 0 Å². The number of carbonyl (C=O) groups is 1. The van der Waals surface area contributed by atoms with Crippen molar-refractivity contribution in [3.63, 3.8) is 0 Å². The Labute approximate surface area is 164 Å². The van der Waals surface area contributed by atoms with Gasteiger partial charge in [0, 0.05) is 29.8 Å². The van der Waals surface area contributed by atoms with Crippen LogP contribution < -0.4 is 0 Å². The summed E-state index contributed by atoms with van der Waals surface area (Å²) in [7, 11) is 0. The first-order valence-electron chi connectivity index (χ1n) is 9.99. The molecule has 1 saturated heterocycles. The average Bonchev–Trinajstić information content (AvgIpc) is 3.38. The number of halogens is 1. The highest BCUT2D eigenvalue weighted by atomic mass is 19.1. The lowest BCUT2D eigenvalue weighted by Gasteiger charge is -2.33. The highest BCUT2D eigenvalue weighted by molar-refractivity contribution is 5.72. The molecule has 3 nitrogen and oxygen atoms in total. The van der Waals surface area contributed by atoms with Crippen LogP contribution in [0.1, 0.15) is 47.6 Å². The molecular formula is C24H22FNO2. The van der Waals surface area contributed by atoms with E-state index in [0.29, 0.717) is 17.5 Å². The molecular weight excluding hydrogens is 353 g/mol. The van der Waals surface area contributed by atoms with E-state index in [2.05, 4.69) is 28.9 Å². The molecule has 1 saturated carbocycles. The first-order chi connectivity index (χ1) is 13.6. The van der Waals surface area contributed by atoms with Gasteiger partial charge in [0.2, 0.25) is 0 Å². The molecule has 0 amide bonds. The van der Waals surface area contributed by atoms with Crippen molar-refractivity contribution in [3.8, 4) is 11.8 Å². The Kier molecular flexibility index (Phi) is 4.21. The quantitative estimate of drug-likeness (QED) is 0.807. The van der Waals surface area contributed by atoms with Crippen LogP contribution in [-0.4, -0.2) is 28.6 Å². The highest BCUT2D eigenvalue weighted by Crippen LogP contribution is 2.49. The fourth-order valence-corrected chi connectivity index (χ4v) is 5.49. The molecule has 2 aromatic carbocycles. The van der Waals surface area contributed by atoms with E-state index in [0.717, 1.165) is 37.8 Å². The van der Waals surface area contributed by atoms with E-state index >= 15 is 0 Å². The first kappa shape index (κ1) is 17.5. The molecule has 0 aromatic heterocycles. The van der Waals surface area contributed by atoms with Crippen LogP contribution in [0.4, 0.5) is 4.39 Å². The highest BCUT2D eigenvalue weighted by Gasteiger charge is 2.52. The van der Waals surface area contributed by atoms with Crippen molar-refractivity contribution in [3.05, 3.63) is 70.5 Å². The fourth-order valence-electron chi connectivity index (χ4n) is 5.49. The van der Waals surface area contributed by atoms with Gasteiger partial charge in [-0.25, -0.2) is 4.39 Å². The van der Waals surface area contributed by atoms with Crippen molar-refractivity contribution in [2.45, 2.75) is 37.8 Å². The van der Waals surface area contributed by atoms with E-state index in [1.165, 1.54) is 23.3 Å². The number of hydrogen-bond donors (Lipinski definition) is 1. The number of carboxylic acids is 1. The standard InChI is InChI=1S/C24H22FNO2/c25-19-3-1-2-15(13-19)4-5-16-6-9-20-17(12-16)7-10-21(20)26-14-18-8-11-22(26)23(18)24(27)28/h1-3,6,9,12-13,18,21-23H,7-8,10-11,14H2,(H,27,28). The van der Waals surface area contributed by atoms with Crippen LogP contribution in [0.3, 0.4) is 0 Å². The molecule has 4 unspecified atom stereocenters. The minimum absolute atomic E-state index is 0.186. The van der Waals surface area contributed by atoms with E-state index in [-0.39, 0.29) is 17.8 Å². The number of fused-ring (bicyclic) bond motifs is 3. The lowest BCUT2D eigenvalue weighted by molar-refractivity contribution is -0.142. The Balaban J connectivity index is 1.37. The number of benzene rings is 2. The van der Waals surface area contributed by atoms with Gasteiger partial charge in [-0.15, -0.1) is 0 Å². The fraction of sp³-hybridized carbons (Fsp3) is 0.375. The van der Waals surface area contributed by atoms with E-state index in [1.807, 2.05) is 6.07 Å². The maximum absolute atomic E-state index is 13.3. The Morgan fingerprint density at radius 1 is 1.07 bits per heavy atom. The lowest BCUT2D eigenvalue weighted by Crippen LogP contribution is -2.37. The number of carboxylic acid groups (broad SMARTS) is 1. The third-order valence-corrected chi connectivity index (χ3v) is 6.68. The maximum atomic E-state index is 13.3. The molecule has 5 rings (SSSR count). The first-order valence-corrected chi connectivity index (χ1v) is 9.99. The zero-order chi connectivity index (χ0) is 19.3. The Hall–Kier alpha value is -2.64. The molecule has 4 heteroatoms. The SMILES string of the molecule is O=C(O)C1C2CCC1N(C1CCc3cc(C#Cc4cccc(F)c4)ccc31)C2. The third kappa shape index (κ3) is 2.91. The van der Waals surface area contributed by atoms with Crippen molar-refractivity contribution >= 4 is 5.97 Å². The molecule has 0 spiro atoms. The van der Waals surface area contributed by atoms with Crippen LogP contribution in [0.25, 0.3) is 0 Å². The topological polar surface area (TPSA) is 40.5 Å². The summed E-state index contributed by atoms with van der Waals surface area (Å²) in [5.41, 5.74) is 4.25. The van der Waals surface area contributed by atoms with Crippen molar-refractivity contribution in [1.82, 2.24) is 4.90 Å². The van der Waals surface area contributed by atoms with Gasteiger partial charge in [-0.2, -0.15) is 0 Å². The van der Waals surface area contributed by atoms with Gasteiger partial charge in [0.1, 0.15) is 5.82 Å². The molecule has 3 aliphatic rings. The number of likely N-dealkylation sites (tertiary alicyclic amines) is 1. The van der Waals surface area contributed by atoms with Crippen LogP contribution in [0.15, 0.2) is 42.5 Å². The van der Waals surface area contributed by atoms with Gasteiger partial charge >= 0.3 is 5.97 Å². The third-order valence-electron chi connectivity index (χ3n) is 6.68. The zero-order valence-corrected chi connectivity index (χ0v) is 15.6. The second kappa shape index (κ2) is 6.76. The van der Waals surface area contributed by atoms with Crippen LogP contribution in [0.2, 0.25) is 0 Å². The number of aliphatic carboxylic acids is 1. The van der Waals surface area contributed by atoms with Crippen molar-refractivity contribution in [2.75, 3.05) is 6.54 Å². The van der Waals surface area contributed by atoms with Crippen molar-refractivity contribution in [1.29, 1.82) is 0 Å². The number of aryl methyl sites for hydroxylation is 1. The predicted octanol–water partition coefficient (Wildman–Crippen LogP) is 4.01. The molecule has 2 aromatic rings. The Morgan fingerprint density at radius 2 is 1.89 bits per heavy atom. The van der Waals surface area contributed by atoms with Crippen molar-refractivity contribution in [2.24, 2.45) is 11.8 Å². The Bertz CT molecular complexity index is 1010. The van der Waals surface area contributed by atoms with Gasteiger partial charge < -0.3 is 5.11 Å². The monoisotopic (exact) mass is 375 g/mol. The second-order valence-electron chi connectivity index (χ2n) is 8.19. The van der Waals surface area contributed by atoms with E-state index in [9.17, 15) is 14.3 Å². The smallest absolute Gasteiger partial charge is 0.308 e. The molecule has 2 fully saturated rings. The van der Waals surface area contributed by atoms with Gasteiger partial charge in [0.25, 0.3) is 0 Å². The summed E-state index contributed by atoms with van der Waals surface area (Å²) in [5, 5.41) is 9.59. The summed E-state index contributed by atoms with van der Waals surface area (Å²) in [6.07, 6.45) is 4.10. The minimum Gasteiger partial charge on any atom is -0.481 e. The maximum Gasteiger partial charge on any atom is 0.308 e. The summed E-state index contributed by atoms with van der Waals surface area (Å²) in [4.78, 5) is 14.1. The second-order valence-corrected chi connectivity index (χ2v) is 8.19. The van der Waals surface area contributed by atoms with Crippen LogP contribution in [0.5, 0.6) is 0 Å². The van der Waals surface area contributed by atoms with Crippen LogP contribution in [-0.2, 0) is 11.2 Å². The van der Waals surface area contributed by atoms with Gasteiger partial charge in [-0.3, -0.25) is 9.69 Å². The van der Waals surface area contributed by atoms with E-state index < -0.39 is 5.97 Å². The normalized spacial score (nSPS) is 28.0. The lowest BCUT2D eigenvalue weighted by atomic mass is 9.99. The summed E-state index contributed by atoms with van der Waals surface area (Å²) >= 11 is 0. The molecule has 1 aliphatic heterocycles. The van der Waals surface area contributed by atoms with Crippen LogP contribution in [0, 0.1) is 29.5 Å². The molecule has 2 bridgehead atoms. The van der Waals surface area contributed by atoms with Gasteiger partial charge in [0.05, 0.1) is 5.92 Å². The largest absolute Gasteiger partial charge is 0.481 e. The zero-order valence-electron chi connectivity index (χ0n) is 15.6. The summed E-state index contributed by atoms with van der Waals surface area (Å²) in [6, 6.07) is 13.2. The summed E-state index contributed by atoms with van der Waals surface area (Å²) in [6.45, 7) is 0.910. The van der Waals surface area contributed by atoms with E-state index in [1.54, 1.807) is 12.1 Å². The van der Waals surface area contributed by atoms with Gasteiger partial charge in [-0.05, 0) is 73.1 Å². The number of piperidine rings is 1. The molecule has 1 heterocycles. The van der Waals surface area contributed by atoms with Crippen molar-refractivity contribution < 1.29 is 14.3 Å². The molecule has 1 N–H and O–H groups in total. The van der Waals surface area contributed by atoms with Gasteiger partial charge in [-0.1, -0.05) is 24.0 Å². The molecule has 142 valence electrons. The van der Waals surface area contributed by atoms with Gasteiger partial charge in [0.15, 0.2) is 0 Å².